The number of hydrogen-bond donors (Lipinski definition) is 3. The SMILES string of the molecule is O=C(O)CC(CNC(=O)C1CCC(Cn2c(=O)[nH]c3ccccc3c2=O)CC1)c1ccc(Cl)cc1. The normalized spacial score (nSPS) is 18.8. The Balaban J connectivity index is 1.34. The van der Waals surface area contributed by atoms with Gasteiger partial charge in [-0.2, -0.15) is 0 Å². The van der Waals surface area contributed by atoms with E-state index >= 15 is 0 Å². The second kappa shape index (κ2) is 10.9. The van der Waals surface area contributed by atoms with Crippen molar-refractivity contribution in [2.75, 3.05) is 6.54 Å². The number of aliphatic carboxylic acids is 1. The molecule has 184 valence electrons. The summed E-state index contributed by atoms with van der Waals surface area (Å²) >= 11 is 5.93. The molecule has 1 unspecified atom stereocenters. The maximum atomic E-state index is 12.8. The Hall–Kier alpha value is -3.39. The number of nitrogens with one attached hydrogen (secondary N) is 2. The molecule has 8 nitrogen and oxygen atoms in total. The molecule has 0 spiro atoms. The fourth-order valence-electron chi connectivity index (χ4n) is 4.85. The van der Waals surface area contributed by atoms with Gasteiger partial charge in [-0.15, -0.1) is 0 Å². The van der Waals surface area contributed by atoms with Gasteiger partial charge in [0.05, 0.1) is 17.3 Å². The molecule has 9 heteroatoms. The van der Waals surface area contributed by atoms with Crippen LogP contribution in [0.4, 0.5) is 0 Å². The molecule has 1 atom stereocenters. The molecule has 3 aromatic rings. The molecule has 2 aromatic carbocycles. The van der Waals surface area contributed by atoms with Crippen molar-refractivity contribution in [3.05, 3.63) is 80.0 Å². The van der Waals surface area contributed by atoms with Gasteiger partial charge in [-0.25, -0.2) is 4.79 Å². The van der Waals surface area contributed by atoms with Gasteiger partial charge < -0.3 is 15.4 Å². The maximum absolute atomic E-state index is 12.8. The average Bonchev–Trinajstić information content (AvgIpc) is 2.85. The Bertz CT molecular complexity index is 1320. The number of para-hydroxylation sites is 1. The molecule has 1 aliphatic rings. The number of aromatic nitrogens is 2. The lowest BCUT2D eigenvalue weighted by Gasteiger charge is -2.28. The Kier molecular flexibility index (Phi) is 7.70. The number of carbonyl (C=O) groups excluding carboxylic acids is 1. The Labute approximate surface area is 206 Å². The molecule has 1 aliphatic carbocycles. The first-order chi connectivity index (χ1) is 16.8. The number of carboxylic acids is 1. The van der Waals surface area contributed by atoms with E-state index in [-0.39, 0.29) is 42.2 Å². The lowest BCUT2D eigenvalue weighted by molar-refractivity contribution is -0.137. The van der Waals surface area contributed by atoms with Crippen molar-refractivity contribution in [1.82, 2.24) is 14.9 Å². The lowest BCUT2D eigenvalue weighted by atomic mass is 9.81. The van der Waals surface area contributed by atoms with E-state index in [2.05, 4.69) is 10.3 Å². The fourth-order valence-corrected chi connectivity index (χ4v) is 4.98. The second-order valence-electron chi connectivity index (χ2n) is 9.20. The zero-order valence-electron chi connectivity index (χ0n) is 19.2. The van der Waals surface area contributed by atoms with Crippen LogP contribution in [0.1, 0.15) is 43.6 Å². The monoisotopic (exact) mass is 497 g/mol. The summed E-state index contributed by atoms with van der Waals surface area (Å²) in [5.74, 6) is -1.41. The summed E-state index contributed by atoms with van der Waals surface area (Å²) in [6.45, 7) is 0.555. The molecular weight excluding hydrogens is 470 g/mol. The van der Waals surface area contributed by atoms with Crippen LogP contribution in [0.5, 0.6) is 0 Å². The van der Waals surface area contributed by atoms with Crippen molar-refractivity contribution < 1.29 is 14.7 Å². The van der Waals surface area contributed by atoms with Crippen molar-refractivity contribution in [3.63, 3.8) is 0 Å². The smallest absolute Gasteiger partial charge is 0.328 e. The Morgan fingerprint density at radius 1 is 1.06 bits per heavy atom. The van der Waals surface area contributed by atoms with Gasteiger partial charge in [0.15, 0.2) is 0 Å². The zero-order chi connectivity index (χ0) is 24.9. The molecule has 0 bridgehead atoms. The molecule has 1 fully saturated rings. The minimum atomic E-state index is -0.932. The third-order valence-corrected chi connectivity index (χ3v) is 7.08. The van der Waals surface area contributed by atoms with Crippen LogP contribution in [-0.2, 0) is 16.1 Å². The number of fused-ring (bicyclic) bond motifs is 1. The Morgan fingerprint density at radius 3 is 2.43 bits per heavy atom. The van der Waals surface area contributed by atoms with Gasteiger partial charge in [-0.05, 0) is 61.4 Å². The molecule has 1 heterocycles. The molecule has 1 saturated carbocycles. The van der Waals surface area contributed by atoms with Crippen LogP contribution >= 0.6 is 11.6 Å². The number of H-pyrrole nitrogens is 1. The minimum absolute atomic E-state index is 0.0893. The molecule has 35 heavy (non-hydrogen) atoms. The molecule has 0 aliphatic heterocycles. The minimum Gasteiger partial charge on any atom is -0.481 e. The third-order valence-electron chi connectivity index (χ3n) is 6.83. The quantitative estimate of drug-likeness (QED) is 0.439. The summed E-state index contributed by atoms with van der Waals surface area (Å²) in [5.41, 5.74) is 0.627. The van der Waals surface area contributed by atoms with Crippen molar-refractivity contribution in [1.29, 1.82) is 0 Å². The average molecular weight is 498 g/mol. The summed E-state index contributed by atoms with van der Waals surface area (Å²) in [6, 6.07) is 13.9. The second-order valence-corrected chi connectivity index (χ2v) is 9.64. The van der Waals surface area contributed by atoms with E-state index in [1.165, 1.54) is 4.57 Å². The van der Waals surface area contributed by atoms with E-state index in [0.29, 0.717) is 35.3 Å². The highest BCUT2D eigenvalue weighted by Gasteiger charge is 2.28. The molecule has 1 aromatic heterocycles. The van der Waals surface area contributed by atoms with E-state index in [1.54, 1.807) is 48.5 Å². The van der Waals surface area contributed by atoms with Crippen LogP contribution in [0.3, 0.4) is 0 Å². The van der Waals surface area contributed by atoms with Gasteiger partial charge in [-0.3, -0.25) is 19.0 Å². The van der Waals surface area contributed by atoms with Crippen LogP contribution in [0, 0.1) is 11.8 Å². The highest BCUT2D eigenvalue weighted by molar-refractivity contribution is 6.30. The van der Waals surface area contributed by atoms with E-state index in [0.717, 1.165) is 18.4 Å². The number of halogens is 1. The summed E-state index contributed by atoms with van der Waals surface area (Å²) < 4.78 is 1.26. The summed E-state index contributed by atoms with van der Waals surface area (Å²) in [4.78, 5) is 52.1. The number of hydrogen-bond acceptors (Lipinski definition) is 4. The van der Waals surface area contributed by atoms with E-state index in [4.69, 9.17) is 11.6 Å². The van der Waals surface area contributed by atoms with Gasteiger partial charge in [0, 0.05) is 29.9 Å². The summed E-state index contributed by atoms with van der Waals surface area (Å²) in [6.07, 6.45) is 2.67. The molecule has 4 rings (SSSR count). The molecule has 0 radical (unpaired) electrons. The molecule has 1 amide bonds. The first-order valence-corrected chi connectivity index (χ1v) is 12.2. The predicted octanol–water partition coefficient (Wildman–Crippen LogP) is 3.52. The van der Waals surface area contributed by atoms with Crippen LogP contribution < -0.4 is 16.6 Å². The Morgan fingerprint density at radius 2 is 1.74 bits per heavy atom. The first-order valence-electron chi connectivity index (χ1n) is 11.8. The van der Waals surface area contributed by atoms with Gasteiger partial charge >= 0.3 is 11.7 Å². The first kappa shape index (κ1) is 24.7. The number of aromatic amines is 1. The number of carboxylic acid groups (broad SMARTS) is 1. The largest absolute Gasteiger partial charge is 0.481 e. The predicted molar refractivity (Wildman–Crippen MR) is 134 cm³/mol. The fraction of sp³-hybridized carbons (Fsp3) is 0.385. The van der Waals surface area contributed by atoms with Crippen LogP contribution in [0.25, 0.3) is 10.9 Å². The highest BCUT2D eigenvalue weighted by Crippen LogP contribution is 2.30. The van der Waals surface area contributed by atoms with Crippen molar-refractivity contribution in [2.45, 2.75) is 44.6 Å². The summed E-state index contributed by atoms with van der Waals surface area (Å²) in [5, 5.41) is 13.3. The van der Waals surface area contributed by atoms with Crippen molar-refractivity contribution in [2.24, 2.45) is 11.8 Å². The standard InChI is InChI=1S/C26H28ClN3O5/c27-20-11-9-17(10-12-20)19(13-23(31)32)14-28-24(33)18-7-5-16(6-8-18)15-30-25(34)21-3-1-2-4-22(21)29-26(30)35/h1-4,9-12,16,18-19H,5-8,13-15H2,(H,28,33)(H,29,35)(H,31,32). The van der Waals surface area contributed by atoms with Gasteiger partial charge in [0.2, 0.25) is 5.91 Å². The maximum Gasteiger partial charge on any atom is 0.328 e. The van der Waals surface area contributed by atoms with Gasteiger partial charge in [0.1, 0.15) is 0 Å². The molecule has 3 N–H and O–H groups in total. The lowest BCUT2D eigenvalue weighted by Crippen LogP contribution is -2.39. The number of nitrogens with zero attached hydrogens (tertiary/aromatic N) is 1. The van der Waals surface area contributed by atoms with Gasteiger partial charge in [0.25, 0.3) is 5.56 Å². The van der Waals surface area contributed by atoms with Crippen molar-refractivity contribution >= 4 is 34.4 Å². The van der Waals surface area contributed by atoms with E-state index < -0.39 is 11.7 Å². The van der Waals surface area contributed by atoms with E-state index in [9.17, 15) is 24.3 Å². The van der Waals surface area contributed by atoms with Crippen LogP contribution in [-0.4, -0.2) is 33.1 Å². The number of amides is 1. The highest BCUT2D eigenvalue weighted by atomic mass is 35.5. The third kappa shape index (κ3) is 6.00. The van der Waals surface area contributed by atoms with Crippen LogP contribution in [0.15, 0.2) is 58.1 Å². The number of rotatable bonds is 8. The topological polar surface area (TPSA) is 121 Å². The van der Waals surface area contributed by atoms with Crippen molar-refractivity contribution in [3.8, 4) is 0 Å². The number of carbonyl (C=O) groups is 2. The summed E-state index contributed by atoms with van der Waals surface area (Å²) in [7, 11) is 0. The van der Waals surface area contributed by atoms with Crippen LogP contribution in [0.2, 0.25) is 5.02 Å². The number of benzene rings is 2. The zero-order valence-corrected chi connectivity index (χ0v) is 20.0. The molecular formula is C26H28ClN3O5. The van der Waals surface area contributed by atoms with E-state index in [1.807, 2.05) is 0 Å². The van der Waals surface area contributed by atoms with Gasteiger partial charge in [-0.1, -0.05) is 35.9 Å². The molecule has 0 saturated heterocycles.